The van der Waals surface area contributed by atoms with E-state index in [1.807, 2.05) is 12.1 Å². The van der Waals surface area contributed by atoms with Crippen LogP contribution in [-0.4, -0.2) is 33.4 Å². The highest BCUT2D eigenvalue weighted by Gasteiger charge is 2.10. The van der Waals surface area contributed by atoms with Gasteiger partial charge in [0.05, 0.1) is 18.6 Å². The van der Waals surface area contributed by atoms with Crippen LogP contribution in [0.5, 0.6) is 5.75 Å². The molecule has 0 aliphatic carbocycles. The van der Waals surface area contributed by atoms with Crippen molar-refractivity contribution < 1.29 is 9.53 Å². The van der Waals surface area contributed by atoms with Gasteiger partial charge in [-0.15, -0.1) is 11.8 Å². The number of ether oxygens (including phenoxy) is 1. The molecule has 1 aromatic carbocycles. The Hall–Kier alpha value is -2.39. The summed E-state index contributed by atoms with van der Waals surface area (Å²) in [6.45, 7) is 2.12. The summed E-state index contributed by atoms with van der Waals surface area (Å²) in [5.41, 5.74) is 1.17. The fourth-order valence-electron chi connectivity index (χ4n) is 2.55. The average Bonchev–Trinajstić information content (AvgIpc) is 3.10. The van der Waals surface area contributed by atoms with Gasteiger partial charge >= 0.3 is 0 Å². The highest BCUT2D eigenvalue weighted by atomic mass is 32.2. The molecule has 28 heavy (non-hydrogen) atoms. The molecule has 1 amide bonds. The minimum absolute atomic E-state index is 0.115. The summed E-state index contributed by atoms with van der Waals surface area (Å²) in [6, 6.07) is 8.69. The Morgan fingerprint density at radius 3 is 3.00 bits per heavy atom. The zero-order chi connectivity index (χ0) is 19.9. The number of anilines is 1. The number of nitrogens with one attached hydrogen (secondary N) is 1. The van der Waals surface area contributed by atoms with Crippen molar-refractivity contribution in [3.8, 4) is 5.75 Å². The summed E-state index contributed by atoms with van der Waals surface area (Å²) >= 11 is 2.86. The van der Waals surface area contributed by atoms with E-state index in [0.29, 0.717) is 27.8 Å². The molecular weight excluding hydrogens is 396 g/mol. The topological polar surface area (TPSA) is 85.6 Å². The number of fused-ring (bicyclic) bond motifs is 1. The first-order valence-corrected chi connectivity index (χ1v) is 11.0. The Bertz CT molecular complexity index is 1020. The van der Waals surface area contributed by atoms with Crippen molar-refractivity contribution in [1.82, 2.24) is 14.6 Å². The smallest absolute Gasteiger partial charge is 0.275 e. The second-order valence-electron chi connectivity index (χ2n) is 6.15. The number of carbonyl (C=O) groups is 1. The zero-order valence-electron chi connectivity index (χ0n) is 15.8. The van der Waals surface area contributed by atoms with Gasteiger partial charge in [-0.05, 0) is 18.6 Å². The Labute approximate surface area is 171 Å². The third-order valence-corrected chi connectivity index (χ3v) is 5.86. The molecule has 0 spiro atoms. The summed E-state index contributed by atoms with van der Waals surface area (Å²) in [4.78, 5) is 29.5. The normalized spacial score (nSPS) is 10.9. The lowest BCUT2D eigenvalue weighted by atomic mass is 10.3. The second-order valence-corrected chi connectivity index (χ2v) is 8.18. The molecule has 0 aliphatic rings. The molecule has 148 valence electrons. The van der Waals surface area contributed by atoms with Crippen LogP contribution in [0.25, 0.3) is 4.96 Å². The van der Waals surface area contributed by atoms with Gasteiger partial charge in [0.25, 0.3) is 5.56 Å². The van der Waals surface area contributed by atoms with Crippen LogP contribution in [0.3, 0.4) is 0 Å². The molecule has 9 heteroatoms. The molecule has 0 aliphatic heterocycles. The van der Waals surface area contributed by atoms with Crippen LogP contribution < -0.4 is 15.6 Å². The maximum atomic E-state index is 12.3. The maximum Gasteiger partial charge on any atom is 0.275 e. The third kappa shape index (κ3) is 5.32. The second kappa shape index (κ2) is 9.70. The van der Waals surface area contributed by atoms with E-state index in [9.17, 15) is 9.59 Å². The number of hydrogen-bond acceptors (Lipinski definition) is 7. The van der Waals surface area contributed by atoms with Gasteiger partial charge in [0, 0.05) is 30.0 Å². The third-order valence-electron chi connectivity index (χ3n) is 3.92. The van der Waals surface area contributed by atoms with Crippen LogP contribution in [0.2, 0.25) is 0 Å². The highest BCUT2D eigenvalue weighted by molar-refractivity contribution is 7.99. The fraction of sp³-hybridized carbons (Fsp3) is 0.368. The first-order valence-electron chi connectivity index (χ1n) is 8.99. The van der Waals surface area contributed by atoms with Crippen molar-refractivity contribution in [3.05, 3.63) is 51.4 Å². The lowest BCUT2D eigenvalue weighted by molar-refractivity contribution is -0.113. The van der Waals surface area contributed by atoms with Crippen molar-refractivity contribution in [3.63, 3.8) is 0 Å². The van der Waals surface area contributed by atoms with Gasteiger partial charge in [0.2, 0.25) is 10.9 Å². The number of rotatable bonds is 9. The van der Waals surface area contributed by atoms with Gasteiger partial charge in [0.1, 0.15) is 10.8 Å². The Morgan fingerprint density at radius 2 is 2.21 bits per heavy atom. The first kappa shape index (κ1) is 20.3. The molecule has 0 unspecified atom stereocenters. The number of carbonyl (C=O) groups excluding carboxylic acids is 1. The van der Waals surface area contributed by atoms with Crippen molar-refractivity contribution in [2.75, 3.05) is 18.2 Å². The van der Waals surface area contributed by atoms with Gasteiger partial charge in [-0.2, -0.15) is 9.61 Å². The van der Waals surface area contributed by atoms with E-state index in [4.69, 9.17) is 4.74 Å². The Morgan fingerprint density at radius 1 is 1.36 bits per heavy atom. The summed E-state index contributed by atoms with van der Waals surface area (Å²) < 4.78 is 6.50. The minimum Gasteiger partial charge on any atom is -0.497 e. The molecular formula is C19H22N4O3S2. The largest absolute Gasteiger partial charge is 0.497 e. The fourth-order valence-corrected chi connectivity index (χ4v) is 4.22. The molecule has 0 fully saturated rings. The van der Waals surface area contributed by atoms with Crippen molar-refractivity contribution in [1.29, 1.82) is 0 Å². The van der Waals surface area contributed by atoms with E-state index < -0.39 is 0 Å². The Balaban J connectivity index is 1.57. The number of methoxy groups -OCH3 is 1. The summed E-state index contributed by atoms with van der Waals surface area (Å²) in [5, 5.41) is 8.10. The van der Waals surface area contributed by atoms with Crippen LogP contribution >= 0.6 is 23.1 Å². The predicted molar refractivity (Wildman–Crippen MR) is 114 cm³/mol. The first-order chi connectivity index (χ1) is 13.6. The SMILES string of the molecule is CCCCc1nn2c(=O)cc(CSCC(=O)Nc3cccc(OC)c3)nc2s1. The summed E-state index contributed by atoms with van der Waals surface area (Å²) in [7, 11) is 1.58. The van der Waals surface area contributed by atoms with E-state index in [-0.39, 0.29) is 17.2 Å². The van der Waals surface area contributed by atoms with E-state index in [2.05, 4.69) is 22.3 Å². The molecule has 1 N–H and O–H groups in total. The molecule has 0 atom stereocenters. The molecule has 3 aromatic rings. The van der Waals surface area contributed by atoms with Crippen LogP contribution in [0, 0.1) is 0 Å². The molecule has 2 heterocycles. The maximum absolute atomic E-state index is 12.3. The molecule has 7 nitrogen and oxygen atoms in total. The number of amides is 1. The average molecular weight is 419 g/mol. The van der Waals surface area contributed by atoms with Crippen LogP contribution in [0.4, 0.5) is 5.69 Å². The van der Waals surface area contributed by atoms with Crippen LogP contribution in [-0.2, 0) is 17.0 Å². The number of aryl methyl sites for hydroxylation is 1. The van der Waals surface area contributed by atoms with E-state index in [1.54, 1.807) is 19.2 Å². The van der Waals surface area contributed by atoms with Gasteiger partial charge in [-0.3, -0.25) is 9.59 Å². The minimum atomic E-state index is -0.180. The predicted octanol–water partition coefficient (Wildman–Crippen LogP) is 3.37. The van der Waals surface area contributed by atoms with Crippen molar-refractivity contribution in [2.24, 2.45) is 0 Å². The number of benzene rings is 1. The number of hydrogen-bond donors (Lipinski definition) is 1. The summed E-state index contributed by atoms with van der Waals surface area (Å²) in [6.07, 6.45) is 2.98. The zero-order valence-corrected chi connectivity index (χ0v) is 17.4. The Kier molecular flexibility index (Phi) is 7.05. The van der Waals surface area contributed by atoms with Crippen LogP contribution in [0.15, 0.2) is 35.1 Å². The number of unbranched alkanes of at least 4 members (excludes halogenated alkanes) is 1. The lowest BCUT2D eigenvalue weighted by Crippen LogP contribution is -2.16. The monoisotopic (exact) mass is 418 g/mol. The quantitative estimate of drug-likeness (QED) is 0.573. The van der Waals surface area contributed by atoms with E-state index >= 15 is 0 Å². The van der Waals surface area contributed by atoms with Gasteiger partial charge < -0.3 is 10.1 Å². The molecule has 3 rings (SSSR count). The molecule has 0 saturated carbocycles. The highest BCUT2D eigenvalue weighted by Crippen LogP contribution is 2.18. The van der Waals surface area contributed by atoms with E-state index in [0.717, 1.165) is 24.3 Å². The number of thioether (sulfide) groups is 1. The molecule has 2 aromatic heterocycles. The van der Waals surface area contributed by atoms with Crippen molar-refractivity contribution in [2.45, 2.75) is 31.9 Å². The molecule has 0 saturated heterocycles. The number of nitrogens with zero attached hydrogens (tertiary/aromatic N) is 3. The lowest BCUT2D eigenvalue weighted by Gasteiger charge is -2.06. The molecule has 0 radical (unpaired) electrons. The van der Waals surface area contributed by atoms with Gasteiger partial charge in [-0.1, -0.05) is 30.7 Å². The van der Waals surface area contributed by atoms with Gasteiger partial charge in [-0.25, -0.2) is 4.98 Å². The summed E-state index contributed by atoms with van der Waals surface area (Å²) in [5.74, 6) is 1.32. The van der Waals surface area contributed by atoms with Gasteiger partial charge in [0.15, 0.2) is 0 Å². The standard InChI is InChI=1S/C19H22N4O3S2/c1-3-4-8-17-22-23-18(25)10-14(21-19(23)28-17)11-27-12-16(24)20-13-6-5-7-15(9-13)26-2/h5-7,9-10H,3-4,8,11-12H2,1-2H3,(H,20,24). The van der Waals surface area contributed by atoms with Crippen molar-refractivity contribution >= 4 is 39.7 Å². The molecule has 0 bridgehead atoms. The van der Waals surface area contributed by atoms with E-state index in [1.165, 1.54) is 33.7 Å². The number of aromatic nitrogens is 3. The van der Waals surface area contributed by atoms with Crippen LogP contribution in [0.1, 0.15) is 30.5 Å².